The molecule has 0 spiro atoms. The van der Waals surface area contributed by atoms with Crippen LogP contribution in [0.4, 0.5) is 0 Å². The number of allylic oxidation sites excluding steroid dienone is 2. The Morgan fingerprint density at radius 1 is 0.415 bits per heavy atom. The van der Waals surface area contributed by atoms with Gasteiger partial charge < -0.3 is 4.74 Å². The van der Waals surface area contributed by atoms with Crippen molar-refractivity contribution >= 4 is 54.2 Å². The second-order valence-electron chi connectivity index (χ2n) is 13.9. The second-order valence-corrected chi connectivity index (χ2v) is 13.9. The Balaban J connectivity index is 1.20. The largest absolute Gasteiger partial charge is 0.485 e. The number of rotatable bonds is 4. The molecule has 1 aliphatic carbocycles. The third kappa shape index (κ3) is 4.80. The minimum absolute atomic E-state index is 0.106. The topological polar surface area (TPSA) is 47.9 Å². The Morgan fingerprint density at radius 3 is 1.77 bits per heavy atom. The molecule has 53 heavy (non-hydrogen) atoms. The highest BCUT2D eigenvalue weighted by Crippen LogP contribution is 2.51. The van der Waals surface area contributed by atoms with Gasteiger partial charge in [0.2, 0.25) is 0 Å². The molecule has 2 heterocycles. The minimum atomic E-state index is -0.183. The first-order valence-electron chi connectivity index (χ1n) is 18.1. The van der Waals surface area contributed by atoms with Crippen molar-refractivity contribution in [1.82, 2.24) is 15.0 Å². The summed E-state index contributed by atoms with van der Waals surface area (Å²) in [6.07, 6.45) is 4.24. The van der Waals surface area contributed by atoms with Crippen LogP contribution < -0.4 is 4.74 Å². The third-order valence-corrected chi connectivity index (χ3v) is 10.9. The number of hydrogen-bond donors (Lipinski definition) is 0. The summed E-state index contributed by atoms with van der Waals surface area (Å²) in [6.45, 7) is 0. The Labute approximate surface area is 306 Å². The van der Waals surface area contributed by atoms with E-state index in [1.165, 1.54) is 37.7 Å². The molecule has 248 valence electrons. The summed E-state index contributed by atoms with van der Waals surface area (Å²) in [6, 6.07) is 57.8. The Kier molecular flexibility index (Phi) is 6.65. The minimum Gasteiger partial charge on any atom is -0.485 e. The Morgan fingerprint density at radius 2 is 1.00 bits per heavy atom. The van der Waals surface area contributed by atoms with Crippen LogP contribution >= 0.6 is 0 Å². The van der Waals surface area contributed by atoms with Gasteiger partial charge in [-0.05, 0) is 78.5 Å². The first-order valence-corrected chi connectivity index (χ1v) is 18.1. The fourth-order valence-corrected chi connectivity index (χ4v) is 8.41. The highest BCUT2D eigenvalue weighted by Gasteiger charge is 2.40. The van der Waals surface area contributed by atoms with E-state index in [2.05, 4.69) is 152 Å². The smallest absolute Gasteiger partial charge is 0.164 e. The molecule has 0 saturated heterocycles. The van der Waals surface area contributed by atoms with Crippen molar-refractivity contribution in [1.29, 1.82) is 0 Å². The van der Waals surface area contributed by atoms with Crippen molar-refractivity contribution < 1.29 is 4.74 Å². The van der Waals surface area contributed by atoms with Crippen LogP contribution in [0.2, 0.25) is 0 Å². The van der Waals surface area contributed by atoms with Crippen molar-refractivity contribution in [3.63, 3.8) is 0 Å². The molecule has 11 rings (SSSR count). The van der Waals surface area contributed by atoms with E-state index < -0.39 is 0 Å². The lowest BCUT2D eigenvalue weighted by molar-refractivity contribution is 0.271. The second kappa shape index (κ2) is 11.8. The molecule has 0 amide bonds. The van der Waals surface area contributed by atoms with Gasteiger partial charge in [0.15, 0.2) is 17.5 Å². The molecule has 0 fully saturated rings. The first-order chi connectivity index (χ1) is 26.3. The molecule has 0 bridgehead atoms. The maximum absolute atomic E-state index is 6.61. The molecular formula is C49H31N3O. The summed E-state index contributed by atoms with van der Waals surface area (Å²) in [5.74, 6) is 2.72. The van der Waals surface area contributed by atoms with Crippen LogP contribution in [-0.4, -0.2) is 21.1 Å². The molecule has 4 nitrogen and oxygen atoms in total. The molecule has 0 saturated carbocycles. The van der Waals surface area contributed by atoms with Gasteiger partial charge in [0.05, 0.1) is 5.92 Å². The SMILES string of the molecule is C1=CC2Oc3ccccc3C2C(c2nc(-c3ccccc3)nc(-c3ccc4ccccc4c3)n2)=C1c1ccc2c3ccccc3c3ccccc3c2c1. The number of aromatic nitrogens is 3. The van der Waals surface area contributed by atoms with Gasteiger partial charge in [-0.1, -0.05) is 152 Å². The molecule has 4 heteroatoms. The number of para-hydroxylation sites is 1. The summed E-state index contributed by atoms with van der Waals surface area (Å²) in [5.41, 5.74) is 6.26. The molecule has 9 aromatic rings. The van der Waals surface area contributed by atoms with Gasteiger partial charge in [0, 0.05) is 22.3 Å². The molecule has 0 N–H and O–H groups in total. The van der Waals surface area contributed by atoms with Gasteiger partial charge >= 0.3 is 0 Å². The Hall–Kier alpha value is -6.91. The number of ether oxygens (including phenoxy) is 1. The maximum Gasteiger partial charge on any atom is 0.164 e. The maximum atomic E-state index is 6.61. The van der Waals surface area contributed by atoms with E-state index in [0.29, 0.717) is 17.5 Å². The van der Waals surface area contributed by atoms with Gasteiger partial charge in [-0.25, -0.2) is 15.0 Å². The van der Waals surface area contributed by atoms with Crippen molar-refractivity contribution in [2.24, 2.45) is 0 Å². The fraction of sp³-hybridized carbons (Fsp3) is 0.0408. The number of nitrogens with zero attached hydrogens (tertiary/aromatic N) is 3. The van der Waals surface area contributed by atoms with E-state index in [-0.39, 0.29) is 12.0 Å². The summed E-state index contributed by atoms with van der Waals surface area (Å²) < 4.78 is 6.61. The lowest BCUT2D eigenvalue weighted by Crippen LogP contribution is -2.22. The average molecular weight is 678 g/mol. The van der Waals surface area contributed by atoms with Crippen LogP contribution in [0, 0.1) is 0 Å². The normalized spacial score (nSPS) is 16.3. The molecule has 0 radical (unpaired) electrons. The van der Waals surface area contributed by atoms with E-state index in [4.69, 9.17) is 19.7 Å². The zero-order valence-electron chi connectivity index (χ0n) is 28.6. The fourth-order valence-electron chi connectivity index (χ4n) is 8.41. The number of benzene rings is 8. The van der Waals surface area contributed by atoms with E-state index in [1.54, 1.807) is 0 Å². The molecule has 2 aliphatic rings. The van der Waals surface area contributed by atoms with Gasteiger partial charge in [-0.3, -0.25) is 0 Å². The zero-order chi connectivity index (χ0) is 34.9. The predicted octanol–water partition coefficient (Wildman–Crippen LogP) is 11.8. The van der Waals surface area contributed by atoms with Gasteiger partial charge in [0.1, 0.15) is 11.9 Å². The van der Waals surface area contributed by atoms with Crippen LogP contribution in [-0.2, 0) is 0 Å². The average Bonchev–Trinajstić information content (AvgIpc) is 3.62. The molecule has 2 atom stereocenters. The van der Waals surface area contributed by atoms with Crippen molar-refractivity contribution in [2.45, 2.75) is 12.0 Å². The predicted molar refractivity (Wildman–Crippen MR) is 217 cm³/mol. The zero-order valence-corrected chi connectivity index (χ0v) is 28.6. The highest BCUT2D eigenvalue weighted by atomic mass is 16.5. The van der Waals surface area contributed by atoms with E-state index in [0.717, 1.165) is 44.5 Å². The van der Waals surface area contributed by atoms with Crippen molar-refractivity contribution in [3.8, 4) is 28.5 Å². The van der Waals surface area contributed by atoms with Crippen LogP contribution in [0.5, 0.6) is 5.75 Å². The van der Waals surface area contributed by atoms with E-state index >= 15 is 0 Å². The number of fused-ring (bicyclic) bond motifs is 10. The van der Waals surface area contributed by atoms with Crippen molar-refractivity contribution in [2.75, 3.05) is 0 Å². The van der Waals surface area contributed by atoms with Gasteiger partial charge in [-0.2, -0.15) is 0 Å². The van der Waals surface area contributed by atoms with Crippen LogP contribution in [0.15, 0.2) is 176 Å². The quantitative estimate of drug-likeness (QED) is 0.174. The summed E-state index contributed by atoms with van der Waals surface area (Å²) in [5, 5.41) is 9.79. The summed E-state index contributed by atoms with van der Waals surface area (Å²) in [7, 11) is 0. The monoisotopic (exact) mass is 677 g/mol. The Bertz CT molecular complexity index is 2960. The van der Waals surface area contributed by atoms with Crippen molar-refractivity contribution in [3.05, 3.63) is 193 Å². The summed E-state index contributed by atoms with van der Waals surface area (Å²) >= 11 is 0. The van der Waals surface area contributed by atoms with Crippen LogP contribution in [0.1, 0.15) is 22.9 Å². The molecule has 8 aromatic carbocycles. The van der Waals surface area contributed by atoms with Gasteiger partial charge in [-0.15, -0.1) is 0 Å². The van der Waals surface area contributed by atoms with E-state index in [9.17, 15) is 0 Å². The van der Waals surface area contributed by atoms with Gasteiger partial charge in [0.25, 0.3) is 0 Å². The van der Waals surface area contributed by atoms with Crippen LogP contribution in [0.3, 0.4) is 0 Å². The molecule has 1 aliphatic heterocycles. The summed E-state index contributed by atoms with van der Waals surface area (Å²) in [4.78, 5) is 15.8. The third-order valence-electron chi connectivity index (χ3n) is 10.9. The van der Waals surface area contributed by atoms with E-state index in [1.807, 2.05) is 24.3 Å². The molecular weight excluding hydrogens is 647 g/mol. The number of hydrogen-bond acceptors (Lipinski definition) is 4. The lowest BCUT2D eigenvalue weighted by Gasteiger charge is -2.26. The lowest BCUT2D eigenvalue weighted by atomic mass is 9.78. The molecule has 1 aromatic heterocycles. The first kappa shape index (κ1) is 29.8. The van der Waals surface area contributed by atoms with Crippen LogP contribution in [0.25, 0.3) is 77.0 Å². The standard InChI is InChI=1S/C49H31N3O/c1-2-13-31(14-3-1)47-50-48(34-23-22-30-12-4-5-15-32(30)28-34)52-49(51-47)46-35(26-27-44-45(46)41-20-10-11-21-43(41)53-44)33-24-25-40-38-18-7-6-16-36(38)37-17-8-9-19-39(37)42(40)29-33/h1-29,44-45H. The molecule has 2 unspecified atom stereocenters. The highest BCUT2D eigenvalue weighted by molar-refractivity contribution is 6.25.